The Hall–Kier alpha value is -0.800. The fourth-order valence-corrected chi connectivity index (χ4v) is 10.5. The number of H-pyrrole nitrogens is 1. The Labute approximate surface area is 321 Å². The summed E-state index contributed by atoms with van der Waals surface area (Å²) in [6.45, 7) is 8.09. The van der Waals surface area contributed by atoms with Crippen molar-refractivity contribution in [2.24, 2.45) is 0 Å². The molecule has 0 saturated carbocycles. The second-order valence-electron chi connectivity index (χ2n) is 11.1. The SMILES string of the molecule is CCSSCO[C@H]1C[C@H](n2cc(C#CCNC(=O)OCCCCOCSSC(C)(C)CC)c(=O)[nH]c2=O)O[C@@H]1COP(=O)(O)OP(=O)(O)OP(=O)(O)O. The quantitative estimate of drug-likeness (QED) is 0.0277. The first-order chi connectivity index (χ1) is 24.8. The van der Waals surface area contributed by atoms with Crippen molar-refractivity contribution in [3.05, 3.63) is 32.6 Å². The topological polar surface area (TPSA) is 281 Å². The molecule has 1 aliphatic rings. The fourth-order valence-electron chi connectivity index (χ4n) is 3.80. The van der Waals surface area contributed by atoms with E-state index in [0.717, 1.165) is 22.9 Å². The summed E-state index contributed by atoms with van der Waals surface area (Å²) in [5.41, 5.74) is -1.88. The number of nitrogens with one attached hydrogen (secondary N) is 2. The Balaban J connectivity index is 1.95. The van der Waals surface area contributed by atoms with E-state index in [1.165, 1.54) is 21.6 Å². The number of hydrogen-bond acceptors (Lipinski definition) is 17. The summed E-state index contributed by atoms with van der Waals surface area (Å²) in [5.74, 6) is 6.59. The van der Waals surface area contributed by atoms with Crippen molar-refractivity contribution < 1.29 is 70.2 Å². The molecule has 2 heterocycles. The Morgan fingerprint density at radius 3 is 2.45 bits per heavy atom. The number of amides is 1. The van der Waals surface area contributed by atoms with E-state index >= 15 is 0 Å². The second-order valence-corrected chi connectivity index (χ2v) is 21.2. The number of aromatic amines is 1. The highest BCUT2D eigenvalue weighted by atomic mass is 33.1. The molecule has 2 rings (SSSR count). The molecule has 0 spiro atoms. The van der Waals surface area contributed by atoms with Crippen LogP contribution >= 0.6 is 66.6 Å². The molecule has 53 heavy (non-hydrogen) atoms. The Bertz CT molecular complexity index is 1650. The first kappa shape index (κ1) is 48.3. The zero-order chi connectivity index (χ0) is 39.7. The van der Waals surface area contributed by atoms with Gasteiger partial charge in [0.25, 0.3) is 5.56 Å². The highest BCUT2D eigenvalue weighted by Crippen LogP contribution is 2.66. The van der Waals surface area contributed by atoms with E-state index in [1.54, 1.807) is 21.6 Å². The van der Waals surface area contributed by atoms with Gasteiger partial charge in [0.1, 0.15) is 29.8 Å². The van der Waals surface area contributed by atoms with E-state index in [-0.39, 0.29) is 35.8 Å². The van der Waals surface area contributed by atoms with Gasteiger partial charge < -0.3 is 43.8 Å². The van der Waals surface area contributed by atoms with Crippen LogP contribution in [0, 0.1) is 11.8 Å². The van der Waals surface area contributed by atoms with E-state index in [1.807, 2.05) is 6.92 Å². The number of aromatic nitrogens is 2. The Kier molecular flexibility index (Phi) is 21.4. The molecule has 1 amide bonds. The van der Waals surface area contributed by atoms with Crippen LogP contribution in [0.4, 0.5) is 4.79 Å². The molecule has 0 aliphatic carbocycles. The van der Waals surface area contributed by atoms with Crippen LogP contribution in [0.5, 0.6) is 0 Å². The summed E-state index contributed by atoms with van der Waals surface area (Å²) in [7, 11) is -10.6. The van der Waals surface area contributed by atoms with Crippen LogP contribution in [0.3, 0.4) is 0 Å². The fraction of sp³-hybridized carbons (Fsp3) is 0.731. The van der Waals surface area contributed by atoms with Crippen molar-refractivity contribution >= 4 is 72.7 Å². The lowest BCUT2D eigenvalue weighted by Gasteiger charge is -2.21. The van der Waals surface area contributed by atoms with Crippen LogP contribution in [0.15, 0.2) is 15.8 Å². The molecule has 0 bridgehead atoms. The smallest absolute Gasteiger partial charge is 0.450 e. The lowest BCUT2D eigenvalue weighted by atomic mass is 10.1. The molecule has 1 fully saturated rings. The Morgan fingerprint density at radius 1 is 1.06 bits per heavy atom. The van der Waals surface area contributed by atoms with E-state index in [0.29, 0.717) is 25.4 Å². The number of phosphoric ester groups is 1. The van der Waals surface area contributed by atoms with Gasteiger partial charge in [-0.2, -0.15) is 8.62 Å². The van der Waals surface area contributed by atoms with Crippen LogP contribution in [-0.2, 0) is 45.8 Å². The van der Waals surface area contributed by atoms with E-state index in [2.05, 4.69) is 51.5 Å². The molecule has 304 valence electrons. The standard InChI is InChI=1S/C26H44N3O17P3S4/c1-5-26(3,4)53-52-17-40-12-7-8-13-41-25(32)27-11-9-10-19-15-29(24(31)28-23(19)30)22-14-20(42-18-51-50-6-2)21(44-22)16-43-48(36,37)46-49(38,39)45-47(33,34)35/h15,20-22H,5-8,11-14,16-18H2,1-4H3,(H,27,32)(H,36,37)(H,38,39)(H,28,30,31)(H2,33,34,35)/t20-,21+,22+/m0/s1. The molecule has 2 unspecified atom stereocenters. The normalized spacial score (nSPS) is 19.9. The largest absolute Gasteiger partial charge is 0.490 e. The summed E-state index contributed by atoms with van der Waals surface area (Å²) in [4.78, 5) is 76.0. The van der Waals surface area contributed by atoms with Gasteiger partial charge in [0.2, 0.25) is 0 Å². The molecule has 1 saturated heterocycles. The van der Waals surface area contributed by atoms with Crippen molar-refractivity contribution in [2.75, 3.05) is 44.0 Å². The Morgan fingerprint density at radius 2 is 1.77 bits per heavy atom. The zero-order valence-corrected chi connectivity index (χ0v) is 35.1. The maximum Gasteiger partial charge on any atom is 0.490 e. The third kappa shape index (κ3) is 20.3. The molecule has 1 aromatic rings. The average Bonchev–Trinajstić information content (AvgIpc) is 3.45. The first-order valence-corrected chi connectivity index (χ1v) is 25.0. The molecule has 20 nitrogen and oxygen atoms in total. The van der Waals surface area contributed by atoms with Gasteiger partial charge in [-0.15, -0.1) is 0 Å². The summed E-state index contributed by atoms with van der Waals surface area (Å²) in [6, 6.07) is 0. The second kappa shape index (κ2) is 23.4. The predicted molar refractivity (Wildman–Crippen MR) is 201 cm³/mol. The van der Waals surface area contributed by atoms with Gasteiger partial charge in [-0.25, -0.2) is 23.3 Å². The van der Waals surface area contributed by atoms with Gasteiger partial charge >= 0.3 is 35.3 Å². The van der Waals surface area contributed by atoms with Crippen LogP contribution in [-0.4, -0.2) is 96.2 Å². The van der Waals surface area contributed by atoms with Crippen LogP contribution in [0.2, 0.25) is 0 Å². The van der Waals surface area contributed by atoms with E-state index < -0.39 is 65.9 Å². The molecular formula is C26H44N3O17P3S4. The van der Waals surface area contributed by atoms with Crippen molar-refractivity contribution in [3.63, 3.8) is 0 Å². The number of carbonyl (C=O) groups is 1. The maximum absolute atomic E-state index is 12.7. The van der Waals surface area contributed by atoms with Crippen molar-refractivity contribution in [2.45, 2.75) is 76.6 Å². The molecule has 0 aromatic carbocycles. The lowest BCUT2D eigenvalue weighted by molar-refractivity contribution is -0.0543. The van der Waals surface area contributed by atoms with E-state index in [4.69, 9.17) is 33.3 Å². The third-order valence-corrected chi connectivity index (χ3v) is 15.6. The average molecular weight is 892 g/mol. The van der Waals surface area contributed by atoms with Gasteiger partial charge in [0.15, 0.2) is 0 Å². The third-order valence-electron chi connectivity index (χ3n) is 6.54. The highest BCUT2D eigenvalue weighted by Gasteiger charge is 2.43. The highest BCUT2D eigenvalue weighted by molar-refractivity contribution is 8.77. The molecule has 1 aromatic heterocycles. The van der Waals surface area contributed by atoms with Gasteiger partial charge in [0, 0.05) is 29.7 Å². The van der Waals surface area contributed by atoms with Crippen molar-refractivity contribution in [1.29, 1.82) is 0 Å². The summed E-state index contributed by atoms with van der Waals surface area (Å²) in [5, 5.41) is 2.44. The number of alkyl carbamates (subject to hydrolysis) is 1. The summed E-state index contributed by atoms with van der Waals surface area (Å²) in [6.07, 6.45) is -0.511. The number of unbranched alkanes of at least 4 members (excludes halogenated alkanes) is 1. The number of phosphoric acid groups is 3. The van der Waals surface area contributed by atoms with Crippen LogP contribution in [0.25, 0.3) is 0 Å². The monoisotopic (exact) mass is 891 g/mol. The number of carbonyl (C=O) groups excluding carboxylic acids is 1. The zero-order valence-electron chi connectivity index (χ0n) is 29.1. The number of hydrogen-bond donors (Lipinski definition) is 6. The van der Waals surface area contributed by atoms with Crippen molar-refractivity contribution in [3.8, 4) is 11.8 Å². The molecule has 27 heteroatoms. The maximum atomic E-state index is 12.7. The van der Waals surface area contributed by atoms with Gasteiger partial charge in [0.05, 0.1) is 25.9 Å². The van der Waals surface area contributed by atoms with Gasteiger partial charge in [-0.05, 0) is 33.1 Å². The minimum absolute atomic E-state index is 0.0462. The predicted octanol–water partition coefficient (Wildman–Crippen LogP) is 4.31. The molecule has 5 atom stereocenters. The summed E-state index contributed by atoms with van der Waals surface area (Å²) < 4.78 is 70.5. The number of rotatable bonds is 24. The number of ether oxygens (including phenoxy) is 4. The summed E-state index contributed by atoms with van der Waals surface area (Å²) >= 11 is 0. The van der Waals surface area contributed by atoms with E-state index in [9.17, 15) is 37.9 Å². The minimum atomic E-state index is -5.76. The molecule has 6 N–H and O–H groups in total. The molecular weight excluding hydrogens is 847 g/mol. The van der Waals surface area contributed by atoms with Crippen LogP contribution < -0.4 is 16.6 Å². The van der Waals surface area contributed by atoms with Crippen LogP contribution in [0.1, 0.15) is 65.2 Å². The van der Waals surface area contributed by atoms with Gasteiger partial charge in [-0.3, -0.25) is 18.9 Å². The molecule has 1 aliphatic heterocycles. The first-order valence-electron chi connectivity index (χ1n) is 15.7. The van der Waals surface area contributed by atoms with Gasteiger partial charge in [-0.1, -0.05) is 68.9 Å². The molecule has 0 radical (unpaired) electrons. The minimum Gasteiger partial charge on any atom is -0.450 e. The van der Waals surface area contributed by atoms with Crippen molar-refractivity contribution in [1.82, 2.24) is 14.9 Å². The lowest BCUT2D eigenvalue weighted by Crippen LogP contribution is -2.34. The number of nitrogens with zero attached hydrogens (tertiary/aromatic N) is 1.